The van der Waals surface area contributed by atoms with Crippen LogP contribution in [0.5, 0.6) is 0 Å². The third-order valence-electron chi connectivity index (χ3n) is 7.22. The second-order valence-corrected chi connectivity index (χ2v) is 10.4. The third kappa shape index (κ3) is 5.63. The van der Waals surface area contributed by atoms with Crippen LogP contribution in [0.4, 0.5) is 23.1 Å². The number of aromatic amines is 2. The number of benzene rings is 3. The predicted molar refractivity (Wildman–Crippen MR) is 160 cm³/mol. The second-order valence-electron chi connectivity index (χ2n) is 10.4. The van der Waals surface area contributed by atoms with E-state index in [9.17, 15) is 4.79 Å². The van der Waals surface area contributed by atoms with E-state index in [0.717, 1.165) is 72.8 Å². The fraction of sp³-hybridized carbons (Fsp3) is 0.300. The van der Waals surface area contributed by atoms with Gasteiger partial charge in [-0.2, -0.15) is 5.10 Å². The first-order chi connectivity index (χ1) is 19.5. The Morgan fingerprint density at radius 1 is 1.05 bits per heavy atom. The number of fused-ring (bicyclic) bond motifs is 2. The lowest BCUT2D eigenvalue weighted by Crippen LogP contribution is -2.39. The zero-order chi connectivity index (χ0) is 27.5. The Morgan fingerprint density at radius 3 is 2.75 bits per heavy atom. The molecule has 10 nitrogen and oxygen atoms in total. The first-order valence-electron chi connectivity index (χ1n) is 13.7. The van der Waals surface area contributed by atoms with E-state index in [1.54, 1.807) is 6.07 Å². The molecule has 0 spiro atoms. The van der Waals surface area contributed by atoms with Crippen molar-refractivity contribution in [2.75, 3.05) is 55.3 Å². The van der Waals surface area contributed by atoms with Crippen molar-refractivity contribution in [1.29, 1.82) is 0 Å². The summed E-state index contributed by atoms with van der Waals surface area (Å²) in [6, 6.07) is 19.4. The number of nitrogens with zero attached hydrogens (tertiary/aromatic N) is 3. The van der Waals surface area contributed by atoms with Gasteiger partial charge in [0.2, 0.25) is 5.95 Å². The monoisotopic (exact) mass is 538 g/mol. The molecule has 0 saturated carbocycles. The molecule has 1 saturated heterocycles. The number of aromatic nitrogens is 4. The lowest BCUT2D eigenvalue weighted by Gasteiger charge is -2.26. The standard InChI is InChI=1S/C30H34N8O2/c1-19(2)22-5-3-4-6-24(22)33-30-34-25-10-7-20(17-27(25)35-30)29(39)32-21-8-9-23-26(18-21)36-37-28(23)31-11-12-38-13-15-40-16-14-38/h3-10,17-19H,11-16H2,1-2H3,(H,32,39)(H2,31,36,37)(H2,33,34,35). The minimum atomic E-state index is -0.195. The number of carbonyl (C=O) groups excluding carboxylic acids is 1. The van der Waals surface area contributed by atoms with Crippen LogP contribution in [0.1, 0.15) is 35.7 Å². The number of amides is 1. The SMILES string of the molecule is CC(C)c1ccccc1Nc1nc2ccc(C(=O)Nc3ccc4c(NCCN5CCOCC5)n[nH]c4c3)cc2[nH]1. The zero-order valence-electron chi connectivity index (χ0n) is 22.8. The molecule has 0 radical (unpaired) electrons. The largest absolute Gasteiger partial charge is 0.379 e. The molecular weight excluding hydrogens is 504 g/mol. The van der Waals surface area contributed by atoms with Gasteiger partial charge in [-0.15, -0.1) is 0 Å². The number of imidazole rings is 1. The first kappa shape index (κ1) is 25.8. The van der Waals surface area contributed by atoms with Gasteiger partial charge in [0.1, 0.15) is 0 Å². The van der Waals surface area contributed by atoms with Crippen LogP contribution in [0.3, 0.4) is 0 Å². The number of carbonyl (C=O) groups is 1. The molecule has 3 heterocycles. The number of hydrogen-bond donors (Lipinski definition) is 5. The average molecular weight is 539 g/mol. The van der Waals surface area contributed by atoms with E-state index in [4.69, 9.17) is 4.74 Å². The molecule has 40 heavy (non-hydrogen) atoms. The van der Waals surface area contributed by atoms with Crippen molar-refractivity contribution in [3.63, 3.8) is 0 Å². The van der Waals surface area contributed by atoms with Crippen molar-refractivity contribution in [1.82, 2.24) is 25.1 Å². The summed E-state index contributed by atoms with van der Waals surface area (Å²) in [5.74, 6) is 1.64. The van der Waals surface area contributed by atoms with Crippen molar-refractivity contribution in [2.24, 2.45) is 0 Å². The van der Waals surface area contributed by atoms with Crippen LogP contribution >= 0.6 is 0 Å². The molecule has 0 unspecified atom stereocenters. The van der Waals surface area contributed by atoms with Crippen LogP contribution in [-0.4, -0.2) is 70.4 Å². The Kier molecular flexibility index (Phi) is 7.35. The number of anilines is 4. The molecule has 0 bridgehead atoms. The molecule has 1 amide bonds. The molecule has 3 aromatic carbocycles. The van der Waals surface area contributed by atoms with Gasteiger partial charge in [0.25, 0.3) is 5.91 Å². The van der Waals surface area contributed by atoms with E-state index >= 15 is 0 Å². The van der Waals surface area contributed by atoms with Gasteiger partial charge >= 0.3 is 0 Å². The summed E-state index contributed by atoms with van der Waals surface area (Å²) < 4.78 is 5.41. The van der Waals surface area contributed by atoms with Crippen molar-refractivity contribution in [3.05, 3.63) is 71.8 Å². The topological polar surface area (TPSA) is 123 Å². The number of hydrogen-bond acceptors (Lipinski definition) is 7. The van der Waals surface area contributed by atoms with Crippen molar-refractivity contribution < 1.29 is 9.53 Å². The van der Waals surface area contributed by atoms with Gasteiger partial charge in [0, 0.05) is 48.5 Å². The molecule has 1 aliphatic rings. The number of para-hydroxylation sites is 1. The van der Waals surface area contributed by atoms with Gasteiger partial charge in [-0.25, -0.2) is 4.98 Å². The highest BCUT2D eigenvalue weighted by atomic mass is 16.5. The van der Waals surface area contributed by atoms with Crippen LogP contribution in [0.2, 0.25) is 0 Å². The van der Waals surface area contributed by atoms with E-state index in [-0.39, 0.29) is 5.91 Å². The van der Waals surface area contributed by atoms with Crippen LogP contribution in [-0.2, 0) is 4.74 Å². The van der Waals surface area contributed by atoms with Crippen LogP contribution in [0.15, 0.2) is 60.7 Å². The maximum atomic E-state index is 13.1. The lowest BCUT2D eigenvalue weighted by molar-refractivity contribution is 0.0398. The van der Waals surface area contributed by atoms with Gasteiger partial charge < -0.3 is 25.7 Å². The number of morpholine rings is 1. The maximum absolute atomic E-state index is 13.1. The molecule has 1 fully saturated rings. The quantitative estimate of drug-likeness (QED) is 0.173. The number of rotatable bonds is 9. The Hall–Kier alpha value is -4.41. The summed E-state index contributed by atoms with van der Waals surface area (Å²) in [5, 5.41) is 18.3. The highest BCUT2D eigenvalue weighted by Gasteiger charge is 2.14. The summed E-state index contributed by atoms with van der Waals surface area (Å²) in [6.45, 7) is 9.58. The van der Waals surface area contributed by atoms with E-state index in [2.05, 4.69) is 60.9 Å². The summed E-state index contributed by atoms with van der Waals surface area (Å²) >= 11 is 0. The van der Waals surface area contributed by atoms with Crippen molar-refractivity contribution >= 4 is 51.0 Å². The van der Waals surface area contributed by atoms with Crippen LogP contribution in [0, 0.1) is 0 Å². The minimum absolute atomic E-state index is 0.195. The molecule has 0 aliphatic carbocycles. The van der Waals surface area contributed by atoms with Gasteiger partial charge in [-0.3, -0.25) is 14.8 Å². The smallest absolute Gasteiger partial charge is 0.255 e. The number of ether oxygens (including phenoxy) is 1. The summed E-state index contributed by atoms with van der Waals surface area (Å²) in [4.78, 5) is 23.4. The minimum Gasteiger partial charge on any atom is -0.379 e. The predicted octanol–water partition coefficient (Wildman–Crippen LogP) is 5.30. The molecular formula is C30H34N8O2. The number of H-pyrrole nitrogens is 2. The fourth-order valence-corrected chi connectivity index (χ4v) is 5.04. The van der Waals surface area contributed by atoms with Crippen molar-refractivity contribution in [3.8, 4) is 0 Å². The van der Waals surface area contributed by atoms with E-state index < -0.39 is 0 Å². The van der Waals surface area contributed by atoms with Gasteiger partial charge in [0.05, 0.1) is 29.8 Å². The third-order valence-corrected chi connectivity index (χ3v) is 7.22. The van der Waals surface area contributed by atoms with Gasteiger partial charge in [-0.05, 0) is 53.9 Å². The summed E-state index contributed by atoms with van der Waals surface area (Å²) in [6.07, 6.45) is 0. The molecule has 6 rings (SSSR count). The van der Waals surface area contributed by atoms with E-state index in [1.807, 2.05) is 48.5 Å². The fourth-order valence-electron chi connectivity index (χ4n) is 5.04. The van der Waals surface area contributed by atoms with Crippen LogP contribution in [0.25, 0.3) is 21.9 Å². The normalized spacial score (nSPS) is 14.2. The van der Waals surface area contributed by atoms with E-state index in [0.29, 0.717) is 23.1 Å². The second kappa shape index (κ2) is 11.4. The zero-order valence-corrected chi connectivity index (χ0v) is 22.8. The highest BCUT2D eigenvalue weighted by molar-refractivity contribution is 6.07. The Bertz CT molecular complexity index is 1630. The lowest BCUT2D eigenvalue weighted by atomic mass is 10.0. The molecule has 206 valence electrons. The Balaban J connectivity index is 1.11. The summed E-state index contributed by atoms with van der Waals surface area (Å²) in [5.41, 5.74) is 5.89. The molecule has 5 aromatic rings. The highest BCUT2D eigenvalue weighted by Crippen LogP contribution is 2.28. The Labute approximate surface area is 232 Å². The average Bonchev–Trinajstić information content (AvgIpc) is 3.56. The molecule has 1 aliphatic heterocycles. The first-order valence-corrected chi connectivity index (χ1v) is 13.7. The maximum Gasteiger partial charge on any atom is 0.255 e. The van der Waals surface area contributed by atoms with E-state index in [1.165, 1.54) is 5.56 Å². The van der Waals surface area contributed by atoms with Crippen LogP contribution < -0.4 is 16.0 Å². The molecule has 10 heteroatoms. The van der Waals surface area contributed by atoms with Gasteiger partial charge in [-0.1, -0.05) is 32.0 Å². The number of nitrogens with one attached hydrogen (secondary N) is 5. The molecule has 0 atom stereocenters. The molecule has 5 N–H and O–H groups in total. The summed E-state index contributed by atoms with van der Waals surface area (Å²) in [7, 11) is 0. The van der Waals surface area contributed by atoms with Gasteiger partial charge in [0.15, 0.2) is 5.82 Å². The van der Waals surface area contributed by atoms with Crippen molar-refractivity contribution in [2.45, 2.75) is 19.8 Å². The Morgan fingerprint density at radius 2 is 1.90 bits per heavy atom. The molecule has 2 aromatic heterocycles.